The van der Waals surface area contributed by atoms with E-state index in [2.05, 4.69) is 32.2 Å². The van der Waals surface area contributed by atoms with Crippen molar-refractivity contribution in [2.75, 3.05) is 13.7 Å². The highest BCUT2D eigenvalue weighted by Gasteiger charge is 2.33. The topological polar surface area (TPSA) is 21.3 Å². The number of methoxy groups -OCH3 is 1. The van der Waals surface area contributed by atoms with Crippen molar-refractivity contribution in [3.8, 4) is 0 Å². The number of likely N-dealkylation sites (N-methyl/N-ethyl adjacent to an activating group) is 1. The lowest BCUT2D eigenvalue weighted by molar-refractivity contribution is -0.0295. The second kappa shape index (κ2) is 6.39. The van der Waals surface area contributed by atoms with Crippen LogP contribution in [0, 0.1) is 0 Å². The Balaban J connectivity index is 3.08. The van der Waals surface area contributed by atoms with Crippen LogP contribution in [0.4, 0.5) is 0 Å². The van der Waals surface area contributed by atoms with Crippen molar-refractivity contribution in [1.82, 2.24) is 5.32 Å². The molecule has 0 aliphatic heterocycles. The van der Waals surface area contributed by atoms with Gasteiger partial charge in [-0.05, 0) is 37.6 Å². The molecule has 0 spiro atoms. The summed E-state index contributed by atoms with van der Waals surface area (Å²) >= 11 is 6.06. The summed E-state index contributed by atoms with van der Waals surface area (Å²) < 4.78 is 5.69. The SMILES string of the molecule is CCNC(c1cccc(Cl)c1)C(C)(CC)OC. The van der Waals surface area contributed by atoms with Crippen LogP contribution in [0.15, 0.2) is 24.3 Å². The van der Waals surface area contributed by atoms with E-state index in [-0.39, 0.29) is 11.6 Å². The van der Waals surface area contributed by atoms with E-state index in [9.17, 15) is 0 Å². The molecule has 0 saturated heterocycles. The van der Waals surface area contributed by atoms with E-state index in [4.69, 9.17) is 16.3 Å². The number of hydrogen-bond acceptors (Lipinski definition) is 2. The Bertz CT molecular complexity index is 350. The molecule has 2 unspecified atom stereocenters. The Kier molecular flexibility index (Phi) is 5.44. The highest BCUT2D eigenvalue weighted by molar-refractivity contribution is 6.30. The molecule has 1 aromatic rings. The van der Waals surface area contributed by atoms with E-state index in [1.807, 2.05) is 18.2 Å². The fourth-order valence-electron chi connectivity index (χ4n) is 2.04. The first-order valence-electron chi connectivity index (χ1n) is 6.11. The van der Waals surface area contributed by atoms with Crippen LogP contribution in [0.3, 0.4) is 0 Å². The van der Waals surface area contributed by atoms with Crippen molar-refractivity contribution in [3.05, 3.63) is 34.9 Å². The van der Waals surface area contributed by atoms with Gasteiger partial charge < -0.3 is 10.1 Å². The van der Waals surface area contributed by atoms with E-state index in [1.54, 1.807) is 7.11 Å². The Morgan fingerprint density at radius 2 is 2.12 bits per heavy atom. The Morgan fingerprint density at radius 3 is 2.59 bits per heavy atom. The van der Waals surface area contributed by atoms with Gasteiger partial charge in [0, 0.05) is 12.1 Å². The standard InChI is InChI=1S/C14H22ClNO/c1-5-14(3,17-4)13(16-6-2)11-8-7-9-12(15)10-11/h7-10,13,16H,5-6H2,1-4H3. The fraction of sp³-hybridized carbons (Fsp3) is 0.571. The van der Waals surface area contributed by atoms with Crippen LogP contribution in [0.1, 0.15) is 38.8 Å². The molecule has 0 heterocycles. The molecule has 0 fully saturated rings. The predicted molar refractivity (Wildman–Crippen MR) is 73.6 cm³/mol. The normalized spacial score (nSPS) is 16.5. The zero-order valence-electron chi connectivity index (χ0n) is 11.1. The summed E-state index contributed by atoms with van der Waals surface area (Å²) in [6.45, 7) is 7.26. The Hall–Kier alpha value is -0.570. The van der Waals surface area contributed by atoms with Gasteiger partial charge in [-0.1, -0.05) is 37.6 Å². The van der Waals surface area contributed by atoms with Gasteiger partial charge in [0.15, 0.2) is 0 Å². The first-order valence-corrected chi connectivity index (χ1v) is 6.49. The van der Waals surface area contributed by atoms with Crippen LogP contribution in [-0.2, 0) is 4.74 Å². The minimum atomic E-state index is -0.222. The zero-order valence-corrected chi connectivity index (χ0v) is 11.8. The van der Waals surface area contributed by atoms with Crippen molar-refractivity contribution in [2.24, 2.45) is 0 Å². The largest absolute Gasteiger partial charge is 0.377 e. The summed E-state index contributed by atoms with van der Waals surface area (Å²) in [6, 6.07) is 8.12. The van der Waals surface area contributed by atoms with Gasteiger partial charge in [0.25, 0.3) is 0 Å². The number of benzene rings is 1. The van der Waals surface area contributed by atoms with Crippen molar-refractivity contribution in [2.45, 2.75) is 38.8 Å². The predicted octanol–water partition coefficient (Wildman–Crippen LogP) is 3.81. The first kappa shape index (κ1) is 14.5. The van der Waals surface area contributed by atoms with Crippen molar-refractivity contribution in [1.29, 1.82) is 0 Å². The van der Waals surface area contributed by atoms with E-state index < -0.39 is 0 Å². The molecule has 2 atom stereocenters. The van der Waals surface area contributed by atoms with Crippen LogP contribution in [0.25, 0.3) is 0 Å². The van der Waals surface area contributed by atoms with Gasteiger partial charge in [-0.25, -0.2) is 0 Å². The lowest BCUT2D eigenvalue weighted by Crippen LogP contribution is -2.42. The molecule has 0 aliphatic rings. The van der Waals surface area contributed by atoms with Crippen LogP contribution in [0.2, 0.25) is 5.02 Å². The Labute approximate surface area is 109 Å². The molecule has 0 aliphatic carbocycles. The van der Waals surface area contributed by atoms with Crippen LogP contribution in [-0.4, -0.2) is 19.3 Å². The molecule has 0 saturated carbocycles. The summed E-state index contributed by atoms with van der Waals surface area (Å²) in [5.74, 6) is 0. The molecule has 3 heteroatoms. The van der Waals surface area contributed by atoms with Gasteiger partial charge >= 0.3 is 0 Å². The number of halogens is 1. The summed E-state index contributed by atoms with van der Waals surface area (Å²) in [5, 5.41) is 4.25. The lowest BCUT2D eigenvalue weighted by Gasteiger charge is -2.36. The summed E-state index contributed by atoms with van der Waals surface area (Å²) in [7, 11) is 1.76. The van der Waals surface area contributed by atoms with Crippen molar-refractivity contribution in [3.63, 3.8) is 0 Å². The molecule has 17 heavy (non-hydrogen) atoms. The zero-order chi connectivity index (χ0) is 12.9. The summed E-state index contributed by atoms with van der Waals surface area (Å²) in [5.41, 5.74) is 0.950. The summed E-state index contributed by atoms with van der Waals surface area (Å²) in [4.78, 5) is 0. The molecule has 1 rings (SSSR count). The van der Waals surface area contributed by atoms with Gasteiger partial charge in [0.2, 0.25) is 0 Å². The van der Waals surface area contributed by atoms with Crippen LogP contribution in [0.5, 0.6) is 0 Å². The summed E-state index contributed by atoms with van der Waals surface area (Å²) in [6.07, 6.45) is 0.938. The molecule has 0 radical (unpaired) electrons. The highest BCUT2D eigenvalue weighted by Crippen LogP contribution is 2.32. The molecule has 0 bridgehead atoms. The minimum Gasteiger partial charge on any atom is -0.377 e. The highest BCUT2D eigenvalue weighted by atomic mass is 35.5. The van der Waals surface area contributed by atoms with Gasteiger partial charge in [-0.15, -0.1) is 0 Å². The average Bonchev–Trinajstić information content (AvgIpc) is 2.35. The number of hydrogen-bond donors (Lipinski definition) is 1. The van der Waals surface area contributed by atoms with Crippen LogP contribution < -0.4 is 5.32 Å². The molecule has 1 N–H and O–H groups in total. The number of ether oxygens (including phenoxy) is 1. The smallest absolute Gasteiger partial charge is 0.0841 e. The van der Waals surface area contributed by atoms with Gasteiger partial charge in [0.05, 0.1) is 11.6 Å². The maximum Gasteiger partial charge on any atom is 0.0841 e. The van der Waals surface area contributed by atoms with Gasteiger partial charge in [-0.2, -0.15) is 0 Å². The van der Waals surface area contributed by atoms with Gasteiger partial charge in [-0.3, -0.25) is 0 Å². The monoisotopic (exact) mass is 255 g/mol. The molecule has 0 aromatic heterocycles. The second-order valence-corrected chi connectivity index (χ2v) is 4.85. The third-order valence-corrected chi connectivity index (χ3v) is 3.60. The lowest BCUT2D eigenvalue weighted by atomic mass is 9.87. The maximum atomic E-state index is 6.06. The first-order chi connectivity index (χ1) is 8.07. The molecule has 0 amide bonds. The second-order valence-electron chi connectivity index (χ2n) is 4.42. The van der Waals surface area contributed by atoms with Gasteiger partial charge in [0.1, 0.15) is 0 Å². The molecule has 2 nitrogen and oxygen atoms in total. The van der Waals surface area contributed by atoms with E-state index in [0.29, 0.717) is 0 Å². The van der Waals surface area contributed by atoms with E-state index >= 15 is 0 Å². The van der Waals surface area contributed by atoms with E-state index in [1.165, 1.54) is 5.56 Å². The minimum absolute atomic E-state index is 0.154. The van der Waals surface area contributed by atoms with Crippen molar-refractivity contribution < 1.29 is 4.74 Å². The Morgan fingerprint density at radius 1 is 1.41 bits per heavy atom. The quantitative estimate of drug-likeness (QED) is 0.835. The van der Waals surface area contributed by atoms with Crippen LogP contribution >= 0.6 is 11.6 Å². The maximum absolute atomic E-state index is 6.06. The number of nitrogens with one attached hydrogen (secondary N) is 1. The van der Waals surface area contributed by atoms with Crippen molar-refractivity contribution >= 4 is 11.6 Å². The average molecular weight is 256 g/mol. The molecular formula is C14H22ClNO. The molecule has 1 aromatic carbocycles. The van der Waals surface area contributed by atoms with E-state index in [0.717, 1.165) is 18.0 Å². The molecular weight excluding hydrogens is 234 g/mol. The number of rotatable bonds is 6. The third kappa shape index (κ3) is 3.44. The molecule has 96 valence electrons. The fourth-order valence-corrected chi connectivity index (χ4v) is 2.24. The third-order valence-electron chi connectivity index (χ3n) is 3.37.